The molecule has 8 heteroatoms. The number of halogens is 1. The molecule has 2 aliphatic heterocycles. The molecule has 0 fully saturated rings. The number of nitrogens with zero attached hydrogens (tertiary/aromatic N) is 1. The molecule has 6 nitrogen and oxygen atoms in total. The number of thioether (sulfide) groups is 1. The molecule has 4 aromatic carbocycles. The van der Waals surface area contributed by atoms with Crippen LogP contribution >= 0.6 is 23.4 Å². The maximum Gasteiger partial charge on any atom is 0.265 e. The van der Waals surface area contributed by atoms with Crippen molar-refractivity contribution in [3.05, 3.63) is 123 Å². The largest absolute Gasteiger partial charge is 0.454 e. The van der Waals surface area contributed by atoms with Crippen LogP contribution in [-0.2, 0) is 17.9 Å². The Kier molecular flexibility index (Phi) is 7.00. The third kappa shape index (κ3) is 5.50. The van der Waals surface area contributed by atoms with E-state index in [-0.39, 0.29) is 18.6 Å². The Hall–Kier alpha value is -4.20. The Bertz CT molecular complexity index is 1600. The number of hydrogen-bond acceptors (Lipinski definition) is 5. The van der Waals surface area contributed by atoms with E-state index in [0.29, 0.717) is 40.1 Å². The van der Waals surface area contributed by atoms with E-state index in [2.05, 4.69) is 5.32 Å². The molecule has 0 aromatic heterocycles. The number of fused-ring (bicyclic) bond motifs is 2. The summed E-state index contributed by atoms with van der Waals surface area (Å²) in [5.74, 6) is 1.13. The van der Waals surface area contributed by atoms with Gasteiger partial charge in [-0.25, -0.2) is 0 Å². The van der Waals surface area contributed by atoms with Gasteiger partial charge in [-0.15, -0.1) is 0 Å². The molecule has 2 heterocycles. The lowest BCUT2D eigenvalue weighted by atomic mass is 10.1. The molecule has 4 aromatic rings. The van der Waals surface area contributed by atoms with Crippen LogP contribution in [0.2, 0.25) is 5.02 Å². The summed E-state index contributed by atoms with van der Waals surface area (Å²) in [6.07, 6.45) is 1.86. The van der Waals surface area contributed by atoms with Gasteiger partial charge in [-0.3, -0.25) is 9.59 Å². The minimum absolute atomic E-state index is 0.0794. The van der Waals surface area contributed by atoms with Crippen LogP contribution < -0.4 is 19.7 Å². The van der Waals surface area contributed by atoms with Crippen molar-refractivity contribution < 1.29 is 19.1 Å². The first-order valence-electron chi connectivity index (χ1n) is 12.4. The normalized spacial score (nSPS) is 14.8. The van der Waals surface area contributed by atoms with Crippen LogP contribution in [0.1, 0.15) is 27.0 Å². The fourth-order valence-corrected chi connectivity index (χ4v) is 5.73. The molecule has 0 saturated carbocycles. The molecule has 6 rings (SSSR count). The molecular weight excluding hydrogens is 532 g/mol. The van der Waals surface area contributed by atoms with Gasteiger partial charge < -0.3 is 19.7 Å². The van der Waals surface area contributed by atoms with Gasteiger partial charge in [-0.05, 0) is 71.3 Å². The Morgan fingerprint density at radius 2 is 1.74 bits per heavy atom. The Morgan fingerprint density at radius 1 is 0.923 bits per heavy atom. The second kappa shape index (κ2) is 10.9. The zero-order valence-electron chi connectivity index (χ0n) is 20.7. The van der Waals surface area contributed by atoms with Crippen molar-refractivity contribution >= 4 is 46.9 Å². The van der Waals surface area contributed by atoms with Crippen molar-refractivity contribution in [2.75, 3.05) is 11.7 Å². The standard InChI is InChI=1S/C31H23ClN2O4S/c32-24-5-3-4-22(14-24)18-34-25-6-1-2-7-28(25)39-29(31(34)36)16-20-8-11-23(12-9-20)30(35)33-17-21-10-13-26-27(15-21)38-19-37-26/h1-16H,17-19H2,(H,33,35). The molecule has 0 unspecified atom stereocenters. The Labute approximate surface area is 235 Å². The zero-order chi connectivity index (χ0) is 26.8. The van der Waals surface area contributed by atoms with Crippen molar-refractivity contribution in [3.8, 4) is 11.5 Å². The van der Waals surface area contributed by atoms with E-state index >= 15 is 0 Å². The van der Waals surface area contributed by atoms with Crippen LogP contribution in [-0.4, -0.2) is 18.6 Å². The van der Waals surface area contributed by atoms with Crippen LogP contribution in [0.3, 0.4) is 0 Å². The van der Waals surface area contributed by atoms with E-state index in [9.17, 15) is 9.59 Å². The smallest absolute Gasteiger partial charge is 0.265 e. The molecule has 39 heavy (non-hydrogen) atoms. The average molecular weight is 555 g/mol. The minimum atomic E-state index is -0.184. The van der Waals surface area contributed by atoms with Crippen molar-refractivity contribution in [2.45, 2.75) is 18.0 Å². The van der Waals surface area contributed by atoms with Gasteiger partial charge in [0.05, 0.1) is 17.1 Å². The van der Waals surface area contributed by atoms with Crippen LogP contribution in [0.4, 0.5) is 5.69 Å². The second-order valence-electron chi connectivity index (χ2n) is 9.09. The Morgan fingerprint density at radius 3 is 2.59 bits per heavy atom. The van der Waals surface area contributed by atoms with E-state index in [1.165, 1.54) is 11.8 Å². The summed E-state index contributed by atoms with van der Waals surface area (Å²) >= 11 is 7.63. The van der Waals surface area contributed by atoms with Crippen LogP contribution in [0, 0.1) is 0 Å². The topological polar surface area (TPSA) is 67.9 Å². The lowest BCUT2D eigenvalue weighted by Gasteiger charge is -2.30. The quantitative estimate of drug-likeness (QED) is 0.269. The number of hydrogen-bond donors (Lipinski definition) is 1. The van der Waals surface area contributed by atoms with Gasteiger partial charge in [-0.1, -0.05) is 65.8 Å². The summed E-state index contributed by atoms with van der Waals surface area (Å²) < 4.78 is 10.7. The molecule has 194 valence electrons. The molecule has 0 aliphatic carbocycles. The highest BCUT2D eigenvalue weighted by Crippen LogP contribution is 2.42. The number of carbonyl (C=O) groups excluding carboxylic acids is 2. The average Bonchev–Trinajstić information content (AvgIpc) is 3.42. The second-order valence-corrected chi connectivity index (χ2v) is 10.6. The number of rotatable bonds is 6. The van der Waals surface area contributed by atoms with E-state index in [4.69, 9.17) is 21.1 Å². The molecule has 0 bridgehead atoms. The summed E-state index contributed by atoms with van der Waals surface area (Å²) in [6, 6.07) is 28.2. The molecule has 0 radical (unpaired) electrons. The highest BCUT2D eigenvalue weighted by Gasteiger charge is 2.29. The van der Waals surface area contributed by atoms with E-state index in [0.717, 1.165) is 27.3 Å². The van der Waals surface area contributed by atoms with Gasteiger partial charge in [0.15, 0.2) is 11.5 Å². The summed E-state index contributed by atoms with van der Waals surface area (Å²) in [5, 5.41) is 3.57. The number of anilines is 1. The summed E-state index contributed by atoms with van der Waals surface area (Å²) in [4.78, 5) is 29.7. The van der Waals surface area contributed by atoms with Crippen molar-refractivity contribution in [1.82, 2.24) is 5.32 Å². The van der Waals surface area contributed by atoms with E-state index < -0.39 is 0 Å². The van der Waals surface area contributed by atoms with E-state index in [1.54, 1.807) is 17.0 Å². The SMILES string of the molecule is O=C(NCc1ccc2c(c1)OCO2)c1ccc(C=C2Sc3ccccc3N(Cc3cccc(Cl)c3)C2=O)cc1. The Balaban J connectivity index is 1.17. The summed E-state index contributed by atoms with van der Waals surface area (Å²) in [7, 11) is 0. The van der Waals surface area contributed by atoms with Gasteiger partial charge >= 0.3 is 0 Å². The first-order chi connectivity index (χ1) is 19.0. The van der Waals surface area contributed by atoms with Crippen molar-refractivity contribution in [2.24, 2.45) is 0 Å². The van der Waals surface area contributed by atoms with Gasteiger partial charge in [0.1, 0.15) is 0 Å². The number of benzene rings is 4. The highest BCUT2D eigenvalue weighted by molar-refractivity contribution is 8.04. The number of ether oxygens (including phenoxy) is 2. The number of nitrogens with one attached hydrogen (secondary N) is 1. The van der Waals surface area contributed by atoms with Gasteiger partial charge in [0, 0.05) is 22.0 Å². The van der Waals surface area contributed by atoms with Crippen molar-refractivity contribution in [1.29, 1.82) is 0 Å². The van der Waals surface area contributed by atoms with Crippen LogP contribution in [0.5, 0.6) is 11.5 Å². The predicted octanol–water partition coefficient (Wildman–Crippen LogP) is 6.68. The fraction of sp³-hybridized carbons (Fsp3) is 0.0968. The third-order valence-corrected chi connectivity index (χ3v) is 7.73. The third-order valence-electron chi connectivity index (χ3n) is 6.42. The fourth-order valence-electron chi connectivity index (χ4n) is 4.45. The van der Waals surface area contributed by atoms with Crippen LogP contribution in [0.15, 0.2) is 101 Å². The molecule has 2 aliphatic rings. The molecule has 0 spiro atoms. The van der Waals surface area contributed by atoms with Crippen LogP contribution in [0.25, 0.3) is 6.08 Å². The first-order valence-corrected chi connectivity index (χ1v) is 13.5. The highest BCUT2D eigenvalue weighted by atomic mass is 35.5. The number of amides is 2. The minimum Gasteiger partial charge on any atom is -0.454 e. The maximum absolute atomic E-state index is 13.6. The maximum atomic E-state index is 13.6. The molecule has 0 saturated heterocycles. The molecule has 0 atom stereocenters. The zero-order valence-corrected chi connectivity index (χ0v) is 22.3. The monoisotopic (exact) mass is 554 g/mol. The summed E-state index contributed by atoms with van der Waals surface area (Å²) in [6.45, 7) is 0.995. The lowest BCUT2D eigenvalue weighted by Crippen LogP contribution is -2.33. The number of carbonyl (C=O) groups is 2. The van der Waals surface area contributed by atoms with Gasteiger partial charge in [-0.2, -0.15) is 0 Å². The summed E-state index contributed by atoms with van der Waals surface area (Å²) in [5.41, 5.74) is 4.12. The number of para-hydroxylation sites is 1. The lowest BCUT2D eigenvalue weighted by molar-refractivity contribution is -0.114. The molecule has 1 N–H and O–H groups in total. The molecular formula is C31H23ClN2O4S. The predicted molar refractivity (Wildman–Crippen MR) is 153 cm³/mol. The van der Waals surface area contributed by atoms with Gasteiger partial charge in [0.2, 0.25) is 6.79 Å². The first kappa shape index (κ1) is 25.1. The van der Waals surface area contributed by atoms with E-state index in [1.807, 2.05) is 84.9 Å². The molecule has 2 amide bonds. The van der Waals surface area contributed by atoms with Gasteiger partial charge in [0.25, 0.3) is 11.8 Å². The van der Waals surface area contributed by atoms with Crippen molar-refractivity contribution in [3.63, 3.8) is 0 Å².